The van der Waals surface area contributed by atoms with Gasteiger partial charge < -0.3 is 19.9 Å². The van der Waals surface area contributed by atoms with E-state index >= 15 is 0 Å². The maximum absolute atomic E-state index is 12.4. The van der Waals surface area contributed by atoms with Crippen LogP contribution in [0, 0.1) is 6.92 Å². The number of ether oxygens (including phenoxy) is 1. The molecule has 0 aliphatic carbocycles. The van der Waals surface area contributed by atoms with E-state index in [0.29, 0.717) is 38.6 Å². The van der Waals surface area contributed by atoms with E-state index in [2.05, 4.69) is 31.2 Å². The number of aromatic nitrogens is 2. The van der Waals surface area contributed by atoms with Crippen LogP contribution in [0.15, 0.2) is 29.3 Å². The molecular weight excluding hydrogens is 529 g/mol. The predicted molar refractivity (Wildman–Crippen MR) is 136 cm³/mol. The molecule has 0 spiro atoms. The van der Waals surface area contributed by atoms with Crippen molar-refractivity contribution in [2.75, 3.05) is 39.1 Å². The van der Waals surface area contributed by atoms with Gasteiger partial charge in [0.1, 0.15) is 5.82 Å². The number of aliphatic imine (C=N–C) groups is 1. The first-order valence-corrected chi connectivity index (χ1v) is 12.5. The summed E-state index contributed by atoms with van der Waals surface area (Å²) in [7, 11) is -3.23. The summed E-state index contributed by atoms with van der Waals surface area (Å²) in [6, 6.07) is 8.15. The van der Waals surface area contributed by atoms with Crippen molar-refractivity contribution in [3.63, 3.8) is 0 Å². The summed E-state index contributed by atoms with van der Waals surface area (Å²) in [5.74, 6) is 1.66. The number of rotatable bonds is 8. The molecule has 0 bridgehead atoms. The second-order valence-electron chi connectivity index (χ2n) is 7.84. The molecular formula is C21H34IN5O3S. The number of nitrogens with one attached hydrogen (secondary N) is 2. The van der Waals surface area contributed by atoms with Gasteiger partial charge in [-0.05, 0) is 45.2 Å². The summed E-state index contributed by atoms with van der Waals surface area (Å²) < 4.78 is 31.6. The van der Waals surface area contributed by atoms with Crippen molar-refractivity contribution < 1.29 is 13.2 Å². The highest BCUT2D eigenvalue weighted by molar-refractivity contribution is 14.0. The molecule has 1 saturated heterocycles. The third kappa shape index (κ3) is 6.32. The van der Waals surface area contributed by atoms with E-state index in [1.807, 2.05) is 32.0 Å². The molecule has 0 atom stereocenters. The van der Waals surface area contributed by atoms with Crippen LogP contribution in [-0.4, -0.2) is 67.8 Å². The topological polar surface area (TPSA) is 97.6 Å². The van der Waals surface area contributed by atoms with Crippen molar-refractivity contribution >= 4 is 50.8 Å². The Hall–Kier alpha value is -1.40. The van der Waals surface area contributed by atoms with E-state index in [1.54, 1.807) is 0 Å². The SMILES string of the molecule is CCNC(=NCC1(S(C)(=O)=O)CCOCC1)NCCCn1c(C)nc2ccccc21.I. The number of fused-ring (bicyclic) bond motifs is 1. The van der Waals surface area contributed by atoms with Gasteiger partial charge in [0.25, 0.3) is 0 Å². The fraction of sp³-hybridized carbons (Fsp3) is 0.619. The zero-order chi connectivity index (χ0) is 21.6. The number of nitrogens with zero attached hydrogens (tertiary/aromatic N) is 3. The standard InChI is InChI=1S/C21H33N5O3S.HI/c1-4-22-20(24-16-21(30(3,27)28)10-14-29-15-11-21)23-12-7-13-26-17(2)25-18-8-5-6-9-19(18)26;/h5-6,8-9H,4,7,10-16H2,1-3H3,(H2,22,23,24);1H. The van der Waals surface area contributed by atoms with Crippen LogP contribution < -0.4 is 10.6 Å². The zero-order valence-electron chi connectivity index (χ0n) is 18.6. The summed E-state index contributed by atoms with van der Waals surface area (Å²) in [5, 5.41) is 6.56. The van der Waals surface area contributed by atoms with Crippen LogP contribution in [0.5, 0.6) is 0 Å². The molecule has 1 aliphatic rings. The molecule has 2 N–H and O–H groups in total. The van der Waals surface area contributed by atoms with Gasteiger partial charge in [-0.1, -0.05) is 12.1 Å². The van der Waals surface area contributed by atoms with Gasteiger partial charge >= 0.3 is 0 Å². The molecule has 2 heterocycles. The highest BCUT2D eigenvalue weighted by Gasteiger charge is 2.42. The summed E-state index contributed by atoms with van der Waals surface area (Å²) in [6.45, 7) is 7.49. The summed E-state index contributed by atoms with van der Waals surface area (Å²) in [5.41, 5.74) is 2.16. The van der Waals surface area contributed by atoms with Crippen molar-refractivity contribution in [3.8, 4) is 0 Å². The van der Waals surface area contributed by atoms with Gasteiger partial charge in [-0.3, -0.25) is 4.99 Å². The molecule has 3 rings (SSSR count). The Labute approximate surface area is 202 Å². The molecule has 1 aromatic heterocycles. The van der Waals surface area contributed by atoms with E-state index in [9.17, 15) is 8.42 Å². The molecule has 1 fully saturated rings. The number of guanidine groups is 1. The maximum atomic E-state index is 12.4. The number of halogens is 1. The molecule has 1 aliphatic heterocycles. The number of para-hydroxylation sites is 2. The fourth-order valence-electron chi connectivity index (χ4n) is 3.88. The van der Waals surface area contributed by atoms with E-state index < -0.39 is 14.6 Å². The lowest BCUT2D eigenvalue weighted by atomic mass is 9.99. The number of hydrogen-bond donors (Lipinski definition) is 2. The zero-order valence-corrected chi connectivity index (χ0v) is 21.7. The van der Waals surface area contributed by atoms with Crippen LogP contribution in [0.1, 0.15) is 32.0 Å². The highest BCUT2D eigenvalue weighted by atomic mass is 127. The van der Waals surface area contributed by atoms with E-state index in [0.717, 1.165) is 36.4 Å². The molecule has 10 heteroatoms. The molecule has 0 radical (unpaired) electrons. The van der Waals surface area contributed by atoms with Crippen LogP contribution in [0.25, 0.3) is 11.0 Å². The molecule has 174 valence electrons. The van der Waals surface area contributed by atoms with Gasteiger partial charge in [0, 0.05) is 39.1 Å². The number of hydrogen-bond acceptors (Lipinski definition) is 5. The van der Waals surface area contributed by atoms with Crippen molar-refractivity contribution in [1.82, 2.24) is 20.2 Å². The Morgan fingerprint density at radius 1 is 1.26 bits per heavy atom. The average Bonchev–Trinajstić information content (AvgIpc) is 3.04. The lowest BCUT2D eigenvalue weighted by molar-refractivity contribution is 0.0768. The van der Waals surface area contributed by atoms with Crippen LogP contribution in [0.3, 0.4) is 0 Å². The first kappa shape index (κ1) is 25.9. The van der Waals surface area contributed by atoms with E-state index in [-0.39, 0.29) is 30.5 Å². The van der Waals surface area contributed by atoms with Gasteiger partial charge in [0.15, 0.2) is 15.8 Å². The maximum Gasteiger partial charge on any atom is 0.191 e. The minimum Gasteiger partial charge on any atom is -0.381 e. The highest BCUT2D eigenvalue weighted by Crippen LogP contribution is 2.29. The number of imidazole rings is 1. The molecule has 1 aromatic carbocycles. The lowest BCUT2D eigenvalue weighted by Crippen LogP contribution is -2.47. The normalized spacial score (nSPS) is 16.7. The second-order valence-corrected chi connectivity index (χ2v) is 10.3. The Bertz CT molecular complexity index is 984. The van der Waals surface area contributed by atoms with Crippen molar-refractivity contribution in [3.05, 3.63) is 30.1 Å². The van der Waals surface area contributed by atoms with Crippen LogP contribution in [0.4, 0.5) is 0 Å². The molecule has 2 aromatic rings. The van der Waals surface area contributed by atoms with Crippen molar-refractivity contribution in [1.29, 1.82) is 0 Å². The third-order valence-electron chi connectivity index (χ3n) is 5.76. The third-order valence-corrected chi connectivity index (χ3v) is 7.87. The first-order valence-electron chi connectivity index (χ1n) is 10.6. The molecule has 0 amide bonds. The van der Waals surface area contributed by atoms with Gasteiger partial charge in [0.2, 0.25) is 0 Å². The fourth-order valence-corrected chi connectivity index (χ4v) is 5.08. The Balaban J connectivity index is 0.00000341. The first-order chi connectivity index (χ1) is 14.4. The van der Waals surface area contributed by atoms with Gasteiger partial charge in [0.05, 0.1) is 22.3 Å². The second kappa shape index (κ2) is 11.5. The van der Waals surface area contributed by atoms with Crippen molar-refractivity contribution in [2.45, 2.75) is 44.4 Å². The Morgan fingerprint density at radius 2 is 1.97 bits per heavy atom. The molecule has 31 heavy (non-hydrogen) atoms. The van der Waals surface area contributed by atoms with Crippen LogP contribution >= 0.6 is 24.0 Å². The molecule has 0 saturated carbocycles. The van der Waals surface area contributed by atoms with Gasteiger partial charge in [-0.15, -0.1) is 24.0 Å². The summed E-state index contributed by atoms with van der Waals surface area (Å²) in [4.78, 5) is 9.23. The summed E-state index contributed by atoms with van der Waals surface area (Å²) in [6.07, 6.45) is 3.19. The smallest absolute Gasteiger partial charge is 0.191 e. The number of aryl methyl sites for hydroxylation is 2. The minimum absolute atomic E-state index is 0. The monoisotopic (exact) mass is 563 g/mol. The number of sulfone groups is 1. The number of benzene rings is 1. The largest absolute Gasteiger partial charge is 0.381 e. The molecule has 0 unspecified atom stereocenters. The van der Waals surface area contributed by atoms with Crippen LogP contribution in [0.2, 0.25) is 0 Å². The Kier molecular flexibility index (Phi) is 9.56. The predicted octanol–water partition coefficient (Wildman–Crippen LogP) is 2.50. The van der Waals surface area contributed by atoms with E-state index in [1.165, 1.54) is 6.26 Å². The van der Waals surface area contributed by atoms with Crippen molar-refractivity contribution in [2.24, 2.45) is 4.99 Å². The quantitative estimate of drug-likeness (QED) is 0.222. The van der Waals surface area contributed by atoms with Crippen LogP contribution in [-0.2, 0) is 21.1 Å². The molecule has 8 nitrogen and oxygen atoms in total. The Morgan fingerprint density at radius 3 is 2.65 bits per heavy atom. The van der Waals surface area contributed by atoms with Gasteiger partial charge in [-0.2, -0.15) is 0 Å². The summed E-state index contributed by atoms with van der Waals surface area (Å²) >= 11 is 0. The van der Waals surface area contributed by atoms with Gasteiger partial charge in [-0.25, -0.2) is 13.4 Å². The lowest BCUT2D eigenvalue weighted by Gasteiger charge is -2.34. The van der Waals surface area contributed by atoms with E-state index in [4.69, 9.17) is 4.74 Å². The average molecular weight is 564 g/mol. The minimum atomic E-state index is -3.23.